The Balaban J connectivity index is 3.11. The van der Waals surface area contributed by atoms with Crippen LogP contribution in [0.1, 0.15) is 40.4 Å². The van der Waals surface area contributed by atoms with E-state index in [2.05, 4.69) is 4.74 Å². The van der Waals surface area contributed by atoms with E-state index in [4.69, 9.17) is 4.74 Å². The minimum atomic E-state index is -0.932. The van der Waals surface area contributed by atoms with Crippen molar-refractivity contribution in [2.24, 2.45) is 7.05 Å². The zero-order valence-corrected chi connectivity index (χ0v) is 11.5. The number of nitrogens with zero attached hydrogens (tertiary/aromatic N) is 1. The molecule has 6 heteroatoms. The van der Waals surface area contributed by atoms with E-state index in [1.807, 2.05) is 0 Å². The Hall–Kier alpha value is -2.11. The van der Waals surface area contributed by atoms with Crippen molar-refractivity contribution in [2.45, 2.75) is 20.8 Å². The van der Waals surface area contributed by atoms with Crippen molar-refractivity contribution in [3.63, 3.8) is 0 Å². The lowest BCUT2D eigenvalue weighted by Gasteiger charge is -2.04. The molecule has 1 rings (SSSR count). The highest BCUT2D eigenvalue weighted by Gasteiger charge is 2.25. The summed E-state index contributed by atoms with van der Waals surface area (Å²) in [5.41, 5.74) is 0.946. The monoisotopic (exact) mass is 267 g/mol. The van der Waals surface area contributed by atoms with E-state index < -0.39 is 17.7 Å². The number of aromatic nitrogens is 1. The first kappa shape index (κ1) is 14.9. The molecule has 0 saturated carbocycles. The Morgan fingerprint density at radius 2 is 1.74 bits per heavy atom. The average molecular weight is 267 g/mol. The lowest BCUT2D eigenvalue weighted by Crippen LogP contribution is -2.20. The highest BCUT2D eigenvalue weighted by Crippen LogP contribution is 2.16. The number of ether oxygens (including phenoxy) is 2. The minimum absolute atomic E-state index is 0.110. The van der Waals surface area contributed by atoms with Crippen molar-refractivity contribution in [1.29, 1.82) is 0 Å². The number of carbonyl (C=O) groups is 3. The molecule has 0 bridgehead atoms. The second kappa shape index (κ2) is 6.17. The van der Waals surface area contributed by atoms with Crippen LogP contribution in [0, 0.1) is 6.92 Å². The topological polar surface area (TPSA) is 74.6 Å². The standard InChI is InChI=1S/C13H17NO5/c1-5-18-12(16)9-7-10(14(4)8(9)3)11(15)13(17)19-6-2/h7H,5-6H2,1-4H3. The Morgan fingerprint density at radius 3 is 2.26 bits per heavy atom. The molecular formula is C13H17NO5. The maximum absolute atomic E-state index is 11.9. The van der Waals surface area contributed by atoms with Gasteiger partial charge in [0, 0.05) is 12.7 Å². The molecule has 0 saturated heterocycles. The largest absolute Gasteiger partial charge is 0.462 e. The van der Waals surface area contributed by atoms with Crippen molar-refractivity contribution in [1.82, 2.24) is 4.57 Å². The number of ketones is 1. The number of rotatable bonds is 5. The molecule has 0 N–H and O–H groups in total. The Bertz CT molecular complexity index is 515. The summed E-state index contributed by atoms with van der Waals surface area (Å²) in [7, 11) is 1.60. The van der Waals surface area contributed by atoms with E-state index in [-0.39, 0.29) is 24.5 Å². The normalized spacial score (nSPS) is 10.1. The zero-order valence-electron chi connectivity index (χ0n) is 11.5. The van der Waals surface area contributed by atoms with Crippen LogP contribution in [-0.2, 0) is 21.3 Å². The smallest absolute Gasteiger partial charge is 0.381 e. The van der Waals surface area contributed by atoms with Crippen molar-refractivity contribution in [2.75, 3.05) is 13.2 Å². The lowest BCUT2D eigenvalue weighted by atomic mass is 10.2. The number of carbonyl (C=O) groups excluding carboxylic acids is 3. The summed E-state index contributed by atoms with van der Waals surface area (Å²) >= 11 is 0. The highest BCUT2D eigenvalue weighted by atomic mass is 16.5. The molecule has 19 heavy (non-hydrogen) atoms. The fraction of sp³-hybridized carbons (Fsp3) is 0.462. The van der Waals surface area contributed by atoms with E-state index in [0.717, 1.165) is 0 Å². The summed E-state index contributed by atoms with van der Waals surface area (Å²) in [5, 5.41) is 0. The summed E-state index contributed by atoms with van der Waals surface area (Å²) in [4.78, 5) is 35.0. The first-order valence-electron chi connectivity index (χ1n) is 5.98. The first-order valence-corrected chi connectivity index (χ1v) is 5.98. The predicted molar refractivity (Wildman–Crippen MR) is 67.1 cm³/mol. The quantitative estimate of drug-likeness (QED) is 0.456. The summed E-state index contributed by atoms with van der Waals surface area (Å²) in [6.07, 6.45) is 0. The van der Waals surface area contributed by atoms with Crippen LogP contribution >= 0.6 is 0 Å². The number of esters is 2. The van der Waals surface area contributed by atoms with E-state index >= 15 is 0 Å². The third kappa shape index (κ3) is 3.01. The maximum atomic E-state index is 11.9. The van der Waals surface area contributed by atoms with Crippen LogP contribution in [-0.4, -0.2) is 35.5 Å². The van der Waals surface area contributed by atoms with Gasteiger partial charge in [-0.05, 0) is 26.8 Å². The number of Topliss-reactive ketones (excluding diaryl/α,β-unsaturated/α-hetero) is 1. The van der Waals surface area contributed by atoms with Gasteiger partial charge in [0.05, 0.1) is 24.5 Å². The van der Waals surface area contributed by atoms with Crippen LogP contribution in [0.15, 0.2) is 6.07 Å². The molecule has 0 spiro atoms. The zero-order chi connectivity index (χ0) is 14.6. The maximum Gasteiger partial charge on any atom is 0.381 e. The second-order valence-electron chi connectivity index (χ2n) is 3.86. The van der Waals surface area contributed by atoms with E-state index in [0.29, 0.717) is 5.69 Å². The van der Waals surface area contributed by atoms with Gasteiger partial charge in [0.25, 0.3) is 5.78 Å². The molecule has 0 amide bonds. The van der Waals surface area contributed by atoms with Gasteiger partial charge in [0.2, 0.25) is 0 Å². The molecule has 0 aromatic carbocycles. The predicted octanol–water partition coefficient (Wildman–Crippen LogP) is 1.26. The molecule has 0 unspecified atom stereocenters. The average Bonchev–Trinajstić information content (AvgIpc) is 2.66. The van der Waals surface area contributed by atoms with E-state index in [1.165, 1.54) is 10.6 Å². The highest BCUT2D eigenvalue weighted by molar-refractivity contribution is 6.40. The molecule has 104 valence electrons. The molecule has 6 nitrogen and oxygen atoms in total. The van der Waals surface area contributed by atoms with Crippen LogP contribution in [0.2, 0.25) is 0 Å². The Kier molecular flexibility index (Phi) is 4.86. The molecule has 0 atom stereocenters. The molecule has 1 aromatic rings. The molecule has 1 aromatic heterocycles. The second-order valence-corrected chi connectivity index (χ2v) is 3.86. The van der Waals surface area contributed by atoms with Crippen molar-refractivity contribution in [3.8, 4) is 0 Å². The first-order chi connectivity index (χ1) is 8.93. The SMILES string of the molecule is CCOC(=O)C(=O)c1cc(C(=O)OCC)c(C)n1C. The van der Waals surface area contributed by atoms with Gasteiger partial charge >= 0.3 is 11.9 Å². The number of hydrogen-bond donors (Lipinski definition) is 0. The molecule has 0 radical (unpaired) electrons. The van der Waals surface area contributed by atoms with Gasteiger partial charge in [-0.15, -0.1) is 0 Å². The molecule has 0 aliphatic rings. The third-order valence-corrected chi connectivity index (χ3v) is 2.72. The third-order valence-electron chi connectivity index (χ3n) is 2.72. The van der Waals surface area contributed by atoms with Crippen LogP contribution in [0.4, 0.5) is 0 Å². The lowest BCUT2D eigenvalue weighted by molar-refractivity contribution is -0.137. The minimum Gasteiger partial charge on any atom is -0.462 e. The van der Waals surface area contributed by atoms with Crippen molar-refractivity contribution >= 4 is 17.7 Å². The molecule has 0 fully saturated rings. The van der Waals surface area contributed by atoms with Gasteiger partial charge in [-0.3, -0.25) is 4.79 Å². The Morgan fingerprint density at radius 1 is 1.16 bits per heavy atom. The summed E-state index contributed by atoms with van der Waals surface area (Å²) < 4.78 is 11.0. The van der Waals surface area contributed by atoms with E-state index in [9.17, 15) is 14.4 Å². The van der Waals surface area contributed by atoms with Gasteiger partial charge in [-0.2, -0.15) is 0 Å². The number of hydrogen-bond acceptors (Lipinski definition) is 5. The fourth-order valence-electron chi connectivity index (χ4n) is 1.63. The van der Waals surface area contributed by atoms with Gasteiger partial charge in [-0.25, -0.2) is 9.59 Å². The van der Waals surface area contributed by atoms with Gasteiger partial charge in [-0.1, -0.05) is 0 Å². The Labute approximate surface area is 111 Å². The molecular weight excluding hydrogens is 250 g/mol. The molecule has 0 aliphatic carbocycles. The van der Waals surface area contributed by atoms with Gasteiger partial charge < -0.3 is 14.0 Å². The van der Waals surface area contributed by atoms with Gasteiger partial charge in [0.15, 0.2) is 0 Å². The van der Waals surface area contributed by atoms with Crippen molar-refractivity contribution < 1.29 is 23.9 Å². The van der Waals surface area contributed by atoms with Gasteiger partial charge in [0.1, 0.15) is 0 Å². The fourth-order valence-corrected chi connectivity index (χ4v) is 1.63. The van der Waals surface area contributed by atoms with Crippen LogP contribution in [0.3, 0.4) is 0 Å². The summed E-state index contributed by atoms with van der Waals surface area (Å²) in [6.45, 7) is 5.35. The molecule has 1 heterocycles. The van der Waals surface area contributed by atoms with Crippen molar-refractivity contribution in [3.05, 3.63) is 23.0 Å². The van der Waals surface area contributed by atoms with Crippen LogP contribution < -0.4 is 0 Å². The van der Waals surface area contributed by atoms with Crippen LogP contribution in [0.5, 0.6) is 0 Å². The summed E-state index contributed by atoms with van der Waals surface area (Å²) in [5.74, 6) is -2.22. The van der Waals surface area contributed by atoms with Crippen LogP contribution in [0.25, 0.3) is 0 Å². The summed E-state index contributed by atoms with van der Waals surface area (Å²) in [6, 6.07) is 1.35. The molecule has 0 aliphatic heterocycles. The van der Waals surface area contributed by atoms with E-state index in [1.54, 1.807) is 27.8 Å².